The minimum atomic E-state index is -3.25. The third-order valence-corrected chi connectivity index (χ3v) is 7.19. The minimum Gasteiger partial charge on any atom is -0.361 e. The maximum Gasteiger partial charge on any atom is 0.227 e. The number of carbonyl (C=O) groups excluding carboxylic acids is 1. The van der Waals surface area contributed by atoms with E-state index in [1.807, 2.05) is 35.4 Å². The summed E-state index contributed by atoms with van der Waals surface area (Å²) in [6.45, 7) is 4.00. The van der Waals surface area contributed by atoms with Crippen LogP contribution in [0.15, 0.2) is 30.5 Å². The van der Waals surface area contributed by atoms with E-state index in [4.69, 9.17) is 0 Å². The second-order valence-electron chi connectivity index (χ2n) is 7.91. The zero-order chi connectivity index (χ0) is 19.7. The Bertz CT molecular complexity index is 949. The first-order chi connectivity index (χ1) is 13.4. The van der Waals surface area contributed by atoms with Crippen LogP contribution in [0.25, 0.3) is 10.9 Å². The van der Waals surface area contributed by atoms with Gasteiger partial charge in [0.05, 0.1) is 18.7 Å². The fourth-order valence-corrected chi connectivity index (χ4v) is 5.27. The average molecular weight is 405 g/mol. The van der Waals surface area contributed by atoms with Crippen molar-refractivity contribution in [1.29, 1.82) is 0 Å². The van der Waals surface area contributed by atoms with Gasteiger partial charge in [0.25, 0.3) is 0 Å². The fourth-order valence-electron chi connectivity index (χ4n) is 4.42. The monoisotopic (exact) mass is 404 g/mol. The molecule has 152 valence electrons. The first-order valence-corrected chi connectivity index (χ1v) is 11.8. The van der Waals surface area contributed by atoms with E-state index in [1.165, 1.54) is 23.4 Å². The van der Waals surface area contributed by atoms with E-state index in [1.54, 1.807) is 0 Å². The number of nitrogens with one attached hydrogen (secondary N) is 1. The number of amides is 1. The number of hydrogen-bond donors (Lipinski definition) is 1. The number of aromatic amines is 1. The topological polar surface area (TPSA) is 76.7 Å². The molecule has 1 aromatic carbocycles. The quantitative estimate of drug-likeness (QED) is 0.815. The number of benzene rings is 1. The number of likely N-dealkylation sites (tertiary alicyclic amines) is 1. The Morgan fingerprint density at radius 1 is 1.14 bits per heavy atom. The van der Waals surface area contributed by atoms with Gasteiger partial charge in [0.2, 0.25) is 15.9 Å². The Kier molecular flexibility index (Phi) is 5.44. The third kappa shape index (κ3) is 4.09. The van der Waals surface area contributed by atoms with Crippen LogP contribution in [0.5, 0.6) is 0 Å². The van der Waals surface area contributed by atoms with Crippen LogP contribution in [0, 0.1) is 0 Å². The Labute approximate surface area is 166 Å². The number of fused-ring (bicyclic) bond motifs is 1. The number of piperazine rings is 1. The summed E-state index contributed by atoms with van der Waals surface area (Å²) >= 11 is 0. The predicted octanol–water partition coefficient (Wildman–Crippen LogP) is 1.28. The van der Waals surface area contributed by atoms with E-state index < -0.39 is 10.0 Å². The summed E-state index contributed by atoms with van der Waals surface area (Å²) < 4.78 is 25.6. The van der Waals surface area contributed by atoms with E-state index in [0.717, 1.165) is 36.1 Å². The summed E-state index contributed by atoms with van der Waals surface area (Å²) in [6, 6.07) is 7.88. The van der Waals surface area contributed by atoms with Crippen LogP contribution in [0.3, 0.4) is 0 Å². The number of para-hydroxylation sites is 1. The number of H-pyrrole nitrogens is 1. The lowest BCUT2D eigenvalue weighted by atomic mass is 10.1. The van der Waals surface area contributed by atoms with Crippen LogP contribution >= 0.6 is 0 Å². The Morgan fingerprint density at radius 3 is 2.64 bits per heavy atom. The van der Waals surface area contributed by atoms with Crippen molar-refractivity contribution in [2.75, 3.05) is 45.5 Å². The second-order valence-corrected chi connectivity index (χ2v) is 9.89. The molecule has 0 bridgehead atoms. The highest BCUT2D eigenvalue weighted by atomic mass is 32.2. The van der Waals surface area contributed by atoms with Gasteiger partial charge < -0.3 is 14.8 Å². The normalized spacial score (nSPS) is 22.2. The largest absolute Gasteiger partial charge is 0.361 e. The Balaban J connectivity index is 1.52. The van der Waals surface area contributed by atoms with Crippen LogP contribution in [-0.2, 0) is 21.2 Å². The van der Waals surface area contributed by atoms with E-state index >= 15 is 0 Å². The first kappa shape index (κ1) is 19.4. The molecule has 3 heterocycles. The Hall–Kier alpha value is -1.90. The van der Waals surface area contributed by atoms with E-state index in [2.05, 4.69) is 9.88 Å². The van der Waals surface area contributed by atoms with Gasteiger partial charge in [-0.3, -0.25) is 4.79 Å². The molecule has 1 N–H and O–H groups in total. The molecule has 1 atom stereocenters. The molecular weight excluding hydrogens is 376 g/mol. The molecule has 2 aliphatic rings. The zero-order valence-corrected chi connectivity index (χ0v) is 17.1. The van der Waals surface area contributed by atoms with Crippen molar-refractivity contribution < 1.29 is 13.2 Å². The number of nitrogens with zero attached hydrogens (tertiary/aromatic N) is 3. The molecule has 7 nitrogen and oxygen atoms in total. The molecular formula is C20H28N4O3S. The van der Waals surface area contributed by atoms with Gasteiger partial charge in [0.15, 0.2) is 0 Å². The molecule has 0 radical (unpaired) electrons. The van der Waals surface area contributed by atoms with Gasteiger partial charge in [0, 0.05) is 43.3 Å². The van der Waals surface area contributed by atoms with Crippen molar-refractivity contribution in [2.24, 2.45) is 0 Å². The number of carbonyl (C=O) groups is 1. The molecule has 2 aliphatic heterocycles. The lowest BCUT2D eigenvalue weighted by Gasteiger charge is -2.42. The molecule has 0 saturated carbocycles. The molecule has 1 aromatic heterocycles. The summed E-state index contributed by atoms with van der Waals surface area (Å²) in [6.07, 6.45) is 5.84. The lowest BCUT2D eigenvalue weighted by Crippen LogP contribution is -2.59. The van der Waals surface area contributed by atoms with E-state index in [0.29, 0.717) is 26.1 Å². The van der Waals surface area contributed by atoms with Gasteiger partial charge in [-0.2, -0.15) is 4.31 Å². The zero-order valence-electron chi connectivity index (χ0n) is 16.3. The molecule has 2 fully saturated rings. The summed E-state index contributed by atoms with van der Waals surface area (Å²) in [7, 11) is -3.25. The Morgan fingerprint density at radius 2 is 1.89 bits per heavy atom. The highest BCUT2D eigenvalue weighted by Gasteiger charge is 2.35. The van der Waals surface area contributed by atoms with Crippen LogP contribution in [0.2, 0.25) is 0 Å². The van der Waals surface area contributed by atoms with Crippen molar-refractivity contribution in [3.63, 3.8) is 0 Å². The van der Waals surface area contributed by atoms with Gasteiger partial charge in [-0.1, -0.05) is 18.2 Å². The molecule has 4 rings (SSSR count). The molecule has 1 unspecified atom stereocenters. The van der Waals surface area contributed by atoms with Gasteiger partial charge in [0.1, 0.15) is 0 Å². The van der Waals surface area contributed by atoms with Crippen LogP contribution in [0.4, 0.5) is 0 Å². The third-order valence-electron chi connectivity index (χ3n) is 5.92. The summed E-state index contributed by atoms with van der Waals surface area (Å²) in [5.74, 6) is 0.0714. The van der Waals surface area contributed by atoms with Crippen molar-refractivity contribution in [3.05, 3.63) is 36.0 Å². The molecule has 0 spiro atoms. The maximum atomic E-state index is 13.2. The molecule has 0 aliphatic carbocycles. The van der Waals surface area contributed by atoms with Gasteiger partial charge >= 0.3 is 0 Å². The van der Waals surface area contributed by atoms with Gasteiger partial charge in [-0.25, -0.2) is 8.42 Å². The van der Waals surface area contributed by atoms with E-state index in [9.17, 15) is 13.2 Å². The van der Waals surface area contributed by atoms with Crippen molar-refractivity contribution >= 4 is 26.8 Å². The number of sulfonamides is 1. The highest BCUT2D eigenvalue weighted by molar-refractivity contribution is 7.88. The first-order valence-electron chi connectivity index (χ1n) is 9.94. The summed E-state index contributed by atoms with van der Waals surface area (Å²) in [5, 5.41) is 1.07. The van der Waals surface area contributed by atoms with Gasteiger partial charge in [-0.05, 0) is 37.6 Å². The minimum absolute atomic E-state index is 0.0714. The summed E-state index contributed by atoms with van der Waals surface area (Å²) in [4.78, 5) is 20.7. The second kappa shape index (κ2) is 7.85. The molecule has 28 heavy (non-hydrogen) atoms. The van der Waals surface area contributed by atoms with Crippen LogP contribution in [0.1, 0.15) is 18.4 Å². The van der Waals surface area contributed by atoms with Gasteiger partial charge in [-0.15, -0.1) is 0 Å². The van der Waals surface area contributed by atoms with Crippen LogP contribution < -0.4 is 0 Å². The van der Waals surface area contributed by atoms with Crippen molar-refractivity contribution in [3.8, 4) is 0 Å². The molecule has 2 saturated heterocycles. The summed E-state index contributed by atoms with van der Waals surface area (Å²) in [5.41, 5.74) is 2.02. The predicted molar refractivity (Wildman–Crippen MR) is 110 cm³/mol. The molecule has 2 aromatic rings. The lowest BCUT2D eigenvalue weighted by molar-refractivity contribution is -0.135. The highest BCUT2D eigenvalue weighted by Crippen LogP contribution is 2.21. The number of rotatable bonds is 5. The SMILES string of the molecule is CS(=O)(=O)N1CCN(C(=O)Cc2c[nH]c3ccccc23)C(CN2CCCC2)C1. The van der Waals surface area contributed by atoms with Crippen LogP contribution in [-0.4, -0.2) is 85.0 Å². The molecule has 8 heteroatoms. The maximum absolute atomic E-state index is 13.2. The smallest absolute Gasteiger partial charge is 0.227 e. The van der Waals surface area contributed by atoms with E-state index in [-0.39, 0.29) is 11.9 Å². The van der Waals surface area contributed by atoms with Crippen molar-refractivity contribution in [1.82, 2.24) is 19.1 Å². The van der Waals surface area contributed by atoms with Crippen molar-refractivity contribution in [2.45, 2.75) is 25.3 Å². The fraction of sp³-hybridized carbons (Fsp3) is 0.550. The number of hydrogen-bond acceptors (Lipinski definition) is 4. The standard InChI is InChI=1S/C20H28N4O3S/c1-28(26,27)23-10-11-24(17(15-23)14-22-8-4-5-9-22)20(25)12-16-13-21-19-7-3-2-6-18(16)19/h2-3,6-7,13,17,21H,4-5,8-12,14-15H2,1H3. The molecule has 1 amide bonds. The number of aromatic nitrogens is 1. The average Bonchev–Trinajstić information content (AvgIpc) is 3.31.